The van der Waals surface area contributed by atoms with Crippen LogP contribution >= 0.6 is 0 Å². The minimum Gasteiger partial charge on any atom is -0.341 e. The number of carbonyl (C=O) groups is 1. The molecular formula is C17H27N3O. The standard InChI is InChI=1S/C17H27N3O/c1-13-11-16(19(3)17(21)14(2)18)9-10-20(13)12-15-7-5-4-6-8-15/h4-8,13-14,16H,9-12,18H2,1-3H3/t13-,14+,16+/m1/s1. The quantitative estimate of drug-likeness (QED) is 0.920. The molecule has 0 radical (unpaired) electrons. The van der Waals surface area contributed by atoms with E-state index in [4.69, 9.17) is 5.73 Å². The zero-order chi connectivity index (χ0) is 15.4. The number of nitrogens with zero attached hydrogens (tertiary/aromatic N) is 2. The fourth-order valence-corrected chi connectivity index (χ4v) is 3.10. The number of rotatable bonds is 4. The summed E-state index contributed by atoms with van der Waals surface area (Å²) < 4.78 is 0. The Morgan fingerprint density at radius 2 is 2.10 bits per heavy atom. The van der Waals surface area contributed by atoms with Crippen molar-refractivity contribution in [3.05, 3.63) is 35.9 Å². The van der Waals surface area contributed by atoms with E-state index in [-0.39, 0.29) is 5.91 Å². The molecule has 0 unspecified atom stereocenters. The Balaban J connectivity index is 1.91. The van der Waals surface area contributed by atoms with Crippen molar-refractivity contribution < 1.29 is 4.79 Å². The van der Waals surface area contributed by atoms with Crippen LogP contribution < -0.4 is 5.73 Å². The normalized spacial score (nSPS) is 24.6. The molecule has 0 aromatic heterocycles. The zero-order valence-electron chi connectivity index (χ0n) is 13.3. The van der Waals surface area contributed by atoms with Gasteiger partial charge in [0.2, 0.25) is 5.91 Å². The van der Waals surface area contributed by atoms with Gasteiger partial charge in [-0.05, 0) is 32.3 Å². The highest BCUT2D eigenvalue weighted by atomic mass is 16.2. The topological polar surface area (TPSA) is 49.6 Å². The summed E-state index contributed by atoms with van der Waals surface area (Å²) in [7, 11) is 1.88. The summed E-state index contributed by atoms with van der Waals surface area (Å²) in [5.74, 6) is 0.0451. The van der Waals surface area contributed by atoms with Crippen molar-refractivity contribution in [2.24, 2.45) is 5.73 Å². The molecule has 21 heavy (non-hydrogen) atoms. The Labute approximate surface area is 127 Å². The van der Waals surface area contributed by atoms with Gasteiger partial charge in [0.25, 0.3) is 0 Å². The molecule has 4 nitrogen and oxygen atoms in total. The smallest absolute Gasteiger partial charge is 0.239 e. The van der Waals surface area contributed by atoms with Crippen LogP contribution in [0.25, 0.3) is 0 Å². The molecule has 1 amide bonds. The SMILES string of the molecule is C[C@H](N)C(=O)N(C)[C@H]1CCN(Cc2ccccc2)[C@H](C)C1. The number of likely N-dealkylation sites (N-methyl/N-ethyl adjacent to an activating group) is 1. The fourth-order valence-electron chi connectivity index (χ4n) is 3.10. The van der Waals surface area contributed by atoms with E-state index in [0.29, 0.717) is 12.1 Å². The number of nitrogens with two attached hydrogens (primary N) is 1. The lowest BCUT2D eigenvalue weighted by Crippen LogP contribution is -2.52. The second kappa shape index (κ2) is 7.05. The van der Waals surface area contributed by atoms with Gasteiger partial charge < -0.3 is 10.6 Å². The summed E-state index contributed by atoms with van der Waals surface area (Å²) >= 11 is 0. The van der Waals surface area contributed by atoms with Crippen LogP contribution in [0.4, 0.5) is 0 Å². The monoisotopic (exact) mass is 289 g/mol. The van der Waals surface area contributed by atoms with Crippen LogP contribution in [-0.4, -0.2) is 47.4 Å². The molecule has 1 aromatic rings. The van der Waals surface area contributed by atoms with E-state index in [2.05, 4.69) is 36.1 Å². The van der Waals surface area contributed by atoms with Crippen molar-refractivity contribution in [1.82, 2.24) is 9.80 Å². The largest absolute Gasteiger partial charge is 0.341 e. The molecule has 1 heterocycles. The number of amides is 1. The first-order chi connectivity index (χ1) is 9.99. The first-order valence-corrected chi connectivity index (χ1v) is 7.79. The molecule has 2 N–H and O–H groups in total. The van der Waals surface area contributed by atoms with Gasteiger partial charge in [0.15, 0.2) is 0 Å². The summed E-state index contributed by atoms with van der Waals surface area (Å²) in [5, 5.41) is 0. The molecule has 1 aliphatic heterocycles. The van der Waals surface area contributed by atoms with E-state index >= 15 is 0 Å². The maximum absolute atomic E-state index is 12.0. The number of hydrogen-bond donors (Lipinski definition) is 1. The van der Waals surface area contributed by atoms with E-state index < -0.39 is 6.04 Å². The maximum atomic E-state index is 12.0. The molecule has 1 aromatic carbocycles. The van der Waals surface area contributed by atoms with E-state index in [1.807, 2.05) is 18.0 Å². The van der Waals surface area contributed by atoms with Gasteiger partial charge in [-0.15, -0.1) is 0 Å². The van der Waals surface area contributed by atoms with Crippen LogP contribution in [0, 0.1) is 0 Å². The van der Waals surface area contributed by atoms with Gasteiger partial charge in [-0.25, -0.2) is 0 Å². The lowest BCUT2D eigenvalue weighted by Gasteiger charge is -2.41. The molecule has 3 atom stereocenters. The number of carbonyl (C=O) groups excluding carboxylic acids is 1. The summed E-state index contributed by atoms with van der Waals surface area (Å²) in [6, 6.07) is 10.9. The first-order valence-electron chi connectivity index (χ1n) is 7.79. The Hall–Kier alpha value is -1.39. The predicted molar refractivity (Wildman–Crippen MR) is 85.8 cm³/mol. The number of hydrogen-bond acceptors (Lipinski definition) is 3. The maximum Gasteiger partial charge on any atom is 0.239 e. The minimum absolute atomic E-state index is 0.0451. The van der Waals surface area contributed by atoms with E-state index in [1.54, 1.807) is 6.92 Å². The third-order valence-electron chi connectivity index (χ3n) is 4.50. The first kappa shape index (κ1) is 16.0. The highest BCUT2D eigenvalue weighted by molar-refractivity contribution is 5.81. The molecule has 1 fully saturated rings. The lowest BCUT2D eigenvalue weighted by molar-refractivity contribution is -0.134. The molecule has 2 rings (SSSR count). The average Bonchev–Trinajstić information content (AvgIpc) is 2.48. The molecule has 0 aliphatic carbocycles. The molecule has 0 saturated carbocycles. The zero-order valence-corrected chi connectivity index (χ0v) is 13.3. The van der Waals surface area contributed by atoms with Crippen LogP contribution in [0.1, 0.15) is 32.3 Å². The van der Waals surface area contributed by atoms with Crippen molar-refractivity contribution in [2.75, 3.05) is 13.6 Å². The highest BCUT2D eigenvalue weighted by Crippen LogP contribution is 2.23. The highest BCUT2D eigenvalue weighted by Gasteiger charge is 2.30. The second-order valence-corrected chi connectivity index (χ2v) is 6.22. The van der Waals surface area contributed by atoms with E-state index in [1.165, 1.54) is 5.56 Å². The van der Waals surface area contributed by atoms with Gasteiger partial charge in [-0.2, -0.15) is 0 Å². The van der Waals surface area contributed by atoms with Crippen molar-refractivity contribution >= 4 is 5.91 Å². The second-order valence-electron chi connectivity index (χ2n) is 6.22. The molecule has 1 saturated heterocycles. The Morgan fingerprint density at radius 1 is 1.43 bits per heavy atom. The number of benzene rings is 1. The summed E-state index contributed by atoms with van der Waals surface area (Å²) in [6.45, 7) is 6.02. The Kier molecular flexibility index (Phi) is 5.37. The van der Waals surface area contributed by atoms with Gasteiger partial charge in [0, 0.05) is 32.2 Å². The fraction of sp³-hybridized carbons (Fsp3) is 0.588. The van der Waals surface area contributed by atoms with Crippen molar-refractivity contribution in [3.8, 4) is 0 Å². The van der Waals surface area contributed by atoms with Crippen molar-refractivity contribution in [2.45, 2.75) is 51.4 Å². The molecule has 4 heteroatoms. The van der Waals surface area contributed by atoms with Crippen LogP contribution in [0.2, 0.25) is 0 Å². The average molecular weight is 289 g/mol. The minimum atomic E-state index is -0.410. The van der Waals surface area contributed by atoms with Gasteiger partial charge in [0.05, 0.1) is 6.04 Å². The van der Waals surface area contributed by atoms with Crippen LogP contribution in [0.5, 0.6) is 0 Å². The van der Waals surface area contributed by atoms with Gasteiger partial charge in [-0.3, -0.25) is 9.69 Å². The van der Waals surface area contributed by atoms with Gasteiger partial charge >= 0.3 is 0 Å². The lowest BCUT2D eigenvalue weighted by atomic mass is 9.96. The van der Waals surface area contributed by atoms with E-state index in [0.717, 1.165) is 25.9 Å². The summed E-state index contributed by atoms with van der Waals surface area (Å²) in [6.07, 6.45) is 2.04. The molecule has 0 bridgehead atoms. The molecular weight excluding hydrogens is 262 g/mol. The summed E-state index contributed by atoms with van der Waals surface area (Å²) in [5.41, 5.74) is 7.06. The molecule has 116 valence electrons. The van der Waals surface area contributed by atoms with E-state index in [9.17, 15) is 4.79 Å². The van der Waals surface area contributed by atoms with Crippen LogP contribution in [0.15, 0.2) is 30.3 Å². The van der Waals surface area contributed by atoms with Crippen molar-refractivity contribution in [1.29, 1.82) is 0 Å². The van der Waals surface area contributed by atoms with Gasteiger partial charge in [0.1, 0.15) is 0 Å². The summed E-state index contributed by atoms with van der Waals surface area (Å²) in [4.78, 5) is 16.4. The van der Waals surface area contributed by atoms with Crippen LogP contribution in [-0.2, 0) is 11.3 Å². The molecule has 0 spiro atoms. The number of piperidine rings is 1. The Morgan fingerprint density at radius 3 is 2.67 bits per heavy atom. The molecule has 1 aliphatic rings. The van der Waals surface area contributed by atoms with Crippen LogP contribution in [0.3, 0.4) is 0 Å². The van der Waals surface area contributed by atoms with Crippen molar-refractivity contribution in [3.63, 3.8) is 0 Å². The third-order valence-corrected chi connectivity index (χ3v) is 4.50. The number of likely N-dealkylation sites (tertiary alicyclic amines) is 1. The third kappa shape index (κ3) is 4.05. The Bertz CT molecular complexity index is 460. The predicted octanol–water partition coefficient (Wildman–Crippen LogP) is 1.85. The van der Waals surface area contributed by atoms with Gasteiger partial charge in [-0.1, -0.05) is 30.3 Å².